The van der Waals surface area contributed by atoms with Gasteiger partial charge in [-0.25, -0.2) is 0 Å². The monoisotopic (exact) mass is 288 g/mol. The largest absolute Gasteiger partial charge is 0.326 e. The van der Waals surface area contributed by atoms with E-state index in [0.29, 0.717) is 18.3 Å². The summed E-state index contributed by atoms with van der Waals surface area (Å²) < 4.78 is 0. The first-order chi connectivity index (χ1) is 10.2. The molecular formula is C18H28N2O. The molecule has 21 heavy (non-hydrogen) atoms. The topological polar surface area (TPSA) is 41.1 Å². The molecule has 0 bridgehead atoms. The Labute approximate surface area is 128 Å². The standard InChI is InChI=1S/C18H28N2O/c1-3-5-15-7-9-17(10-8-15)20-18(21)12-14(2)16-6-4-11-19-13-16/h7-10,14,16,19H,3-6,11-13H2,1-2H3,(H,20,21). The maximum atomic E-state index is 12.1. The van der Waals surface area contributed by atoms with E-state index in [-0.39, 0.29) is 5.91 Å². The van der Waals surface area contributed by atoms with Crippen LogP contribution in [0, 0.1) is 11.8 Å². The quantitative estimate of drug-likeness (QED) is 0.839. The molecule has 0 aliphatic carbocycles. The first-order valence-electron chi connectivity index (χ1n) is 8.28. The normalized spacial score (nSPS) is 20.0. The number of hydrogen-bond donors (Lipinski definition) is 2. The SMILES string of the molecule is CCCc1ccc(NC(=O)CC(C)C2CCCNC2)cc1. The molecule has 1 aromatic rings. The lowest BCUT2D eigenvalue weighted by Gasteiger charge is -2.28. The lowest BCUT2D eigenvalue weighted by molar-refractivity contribution is -0.117. The fourth-order valence-corrected chi connectivity index (χ4v) is 3.08. The van der Waals surface area contributed by atoms with Crippen molar-refractivity contribution in [2.75, 3.05) is 18.4 Å². The van der Waals surface area contributed by atoms with Gasteiger partial charge in [0.25, 0.3) is 0 Å². The molecule has 2 atom stereocenters. The Balaban J connectivity index is 1.80. The number of nitrogens with one attached hydrogen (secondary N) is 2. The molecule has 2 unspecified atom stereocenters. The van der Waals surface area contributed by atoms with Crippen LogP contribution >= 0.6 is 0 Å². The third-order valence-electron chi connectivity index (χ3n) is 4.42. The van der Waals surface area contributed by atoms with Crippen LogP contribution in [0.3, 0.4) is 0 Å². The number of piperidine rings is 1. The van der Waals surface area contributed by atoms with Crippen LogP contribution in [0.25, 0.3) is 0 Å². The van der Waals surface area contributed by atoms with E-state index in [2.05, 4.69) is 36.6 Å². The summed E-state index contributed by atoms with van der Waals surface area (Å²) in [4.78, 5) is 12.1. The predicted molar refractivity (Wildman–Crippen MR) is 88.4 cm³/mol. The number of amides is 1. The highest BCUT2D eigenvalue weighted by atomic mass is 16.1. The van der Waals surface area contributed by atoms with Crippen molar-refractivity contribution in [2.45, 2.75) is 46.0 Å². The molecule has 1 fully saturated rings. The minimum atomic E-state index is 0.135. The highest BCUT2D eigenvalue weighted by Crippen LogP contribution is 2.23. The third-order valence-corrected chi connectivity index (χ3v) is 4.42. The van der Waals surface area contributed by atoms with E-state index in [9.17, 15) is 4.79 Å². The Hall–Kier alpha value is -1.35. The summed E-state index contributed by atoms with van der Waals surface area (Å²) in [6.45, 7) is 6.55. The molecule has 0 aromatic heterocycles. The summed E-state index contributed by atoms with van der Waals surface area (Å²) in [5.41, 5.74) is 2.24. The van der Waals surface area contributed by atoms with Crippen molar-refractivity contribution in [1.29, 1.82) is 0 Å². The van der Waals surface area contributed by atoms with Crippen LogP contribution in [0.15, 0.2) is 24.3 Å². The zero-order valence-electron chi connectivity index (χ0n) is 13.3. The van der Waals surface area contributed by atoms with Crippen LogP contribution < -0.4 is 10.6 Å². The fourth-order valence-electron chi connectivity index (χ4n) is 3.08. The van der Waals surface area contributed by atoms with Gasteiger partial charge in [-0.3, -0.25) is 4.79 Å². The maximum absolute atomic E-state index is 12.1. The van der Waals surface area contributed by atoms with E-state index in [1.165, 1.54) is 18.4 Å². The highest BCUT2D eigenvalue weighted by Gasteiger charge is 2.21. The lowest BCUT2D eigenvalue weighted by atomic mass is 9.85. The second-order valence-corrected chi connectivity index (χ2v) is 6.28. The molecule has 2 rings (SSSR count). The molecule has 1 aliphatic heterocycles. The number of carbonyl (C=O) groups is 1. The molecule has 3 nitrogen and oxygen atoms in total. The molecule has 3 heteroatoms. The van der Waals surface area contributed by atoms with Gasteiger partial charge in [-0.15, -0.1) is 0 Å². The molecule has 1 amide bonds. The van der Waals surface area contributed by atoms with E-state index in [0.717, 1.165) is 31.6 Å². The van der Waals surface area contributed by atoms with Crippen molar-refractivity contribution in [3.05, 3.63) is 29.8 Å². The number of carbonyl (C=O) groups excluding carboxylic acids is 1. The molecule has 1 saturated heterocycles. The van der Waals surface area contributed by atoms with Crippen molar-refractivity contribution in [1.82, 2.24) is 5.32 Å². The summed E-state index contributed by atoms with van der Waals surface area (Å²) in [7, 11) is 0. The average molecular weight is 288 g/mol. The minimum absolute atomic E-state index is 0.135. The van der Waals surface area contributed by atoms with Gasteiger partial charge in [-0.1, -0.05) is 32.4 Å². The second-order valence-electron chi connectivity index (χ2n) is 6.28. The Morgan fingerprint density at radius 2 is 2.14 bits per heavy atom. The summed E-state index contributed by atoms with van der Waals surface area (Å²) in [5, 5.41) is 6.45. The zero-order chi connectivity index (χ0) is 15.1. The van der Waals surface area contributed by atoms with E-state index in [1.54, 1.807) is 0 Å². The summed E-state index contributed by atoms with van der Waals surface area (Å²) >= 11 is 0. The first-order valence-corrected chi connectivity index (χ1v) is 8.28. The van der Waals surface area contributed by atoms with Crippen molar-refractivity contribution in [3.8, 4) is 0 Å². The Morgan fingerprint density at radius 3 is 2.76 bits per heavy atom. The number of benzene rings is 1. The summed E-state index contributed by atoms with van der Waals surface area (Å²) in [6, 6.07) is 8.23. The Bertz CT molecular complexity index is 435. The smallest absolute Gasteiger partial charge is 0.224 e. The van der Waals surface area contributed by atoms with Gasteiger partial charge < -0.3 is 10.6 Å². The second kappa shape index (κ2) is 8.18. The van der Waals surface area contributed by atoms with Crippen molar-refractivity contribution >= 4 is 11.6 Å². The molecule has 116 valence electrons. The van der Waals surface area contributed by atoms with Gasteiger partial charge in [0.2, 0.25) is 5.91 Å². The zero-order valence-corrected chi connectivity index (χ0v) is 13.3. The van der Waals surface area contributed by atoms with Crippen molar-refractivity contribution in [2.24, 2.45) is 11.8 Å². The summed E-state index contributed by atoms with van der Waals surface area (Å²) in [5.74, 6) is 1.21. The van der Waals surface area contributed by atoms with Crippen LogP contribution in [0.1, 0.15) is 45.1 Å². The molecule has 1 heterocycles. The van der Waals surface area contributed by atoms with Gasteiger partial charge in [0.1, 0.15) is 0 Å². The number of anilines is 1. The molecule has 0 saturated carbocycles. The average Bonchev–Trinajstić information content (AvgIpc) is 2.50. The van der Waals surface area contributed by atoms with Gasteiger partial charge in [-0.2, -0.15) is 0 Å². The number of hydrogen-bond acceptors (Lipinski definition) is 2. The van der Waals surface area contributed by atoms with Gasteiger partial charge in [0.05, 0.1) is 0 Å². The van der Waals surface area contributed by atoms with Gasteiger partial charge in [0, 0.05) is 12.1 Å². The minimum Gasteiger partial charge on any atom is -0.326 e. The molecule has 1 aliphatic rings. The predicted octanol–water partition coefficient (Wildman–Crippen LogP) is 3.60. The van der Waals surface area contributed by atoms with Crippen LogP contribution in [0.2, 0.25) is 0 Å². The maximum Gasteiger partial charge on any atom is 0.224 e. The Kier molecular flexibility index (Phi) is 6.24. The molecular weight excluding hydrogens is 260 g/mol. The van der Waals surface area contributed by atoms with E-state index >= 15 is 0 Å². The van der Waals surface area contributed by atoms with Gasteiger partial charge in [0.15, 0.2) is 0 Å². The fraction of sp³-hybridized carbons (Fsp3) is 0.611. The Morgan fingerprint density at radius 1 is 1.38 bits per heavy atom. The van der Waals surface area contributed by atoms with Crippen LogP contribution in [-0.4, -0.2) is 19.0 Å². The van der Waals surface area contributed by atoms with Gasteiger partial charge in [-0.05, 0) is 61.9 Å². The highest BCUT2D eigenvalue weighted by molar-refractivity contribution is 5.90. The van der Waals surface area contributed by atoms with Crippen molar-refractivity contribution < 1.29 is 4.79 Å². The molecule has 2 N–H and O–H groups in total. The molecule has 0 spiro atoms. The lowest BCUT2D eigenvalue weighted by Crippen LogP contribution is -2.34. The number of aryl methyl sites for hydroxylation is 1. The summed E-state index contributed by atoms with van der Waals surface area (Å²) in [6.07, 6.45) is 5.34. The van der Waals surface area contributed by atoms with Crippen molar-refractivity contribution in [3.63, 3.8) is 0 Å². The van der Waals surface area contributed by atoms with E-state index < -0.39 is 0 Å². The van der Waals surface area contributed by atoms with E-state index in [1.807, 2.05) is 12.1 Å². The third kappa shape index (κ3) is 5.16. The first kappa shape index (κ1) is 16.0. The van der Waals surface area contributed by atoms with Gasteiger partial charge >= 0.3 is 0 Å². The molecule has 0 radical (unpaired) electrons. The molecule has 1 aromatic carbocycles. The van der Waals surface area contributed by atoms with Crippen LogP contribution in [0.5, 0.6) is 0 Å². The number of rotatable bonds is 6. The van der Waals surface area contributed by atoms with Crippen LogP contribution in [-0.2, 0) is 11.2 Å². The van der Waals surface area contributed by atoms with Crippen LogP contribution in [0.4, 0.5) is 5.69 Å². The van der Waals surface area contributed by atoms with E-state index in [4.69, 9.17) is 0 Å².